The number of carbonyl (C=O) groups is 1. The van der Waals surface area contributed by atoms with Crippen molar-refractivity contribution in [3.63, 3.8) is 0 Å². The molecule has 3 nitrogen and oxygen atoms in total. The molecule has 0 atom stereocenters. The molecule has 1 aromatic rings. The molecule has 0 saturated carbocycles. The van der Waals surface area contributed by atoms with Gasteiger partial charge in [-0.15, -0.1) is 6.42 Å². The summed E-state index contributed by atoms with van der Waals surface area (Å²) in [6.45, 7) is 5.72. The zero-order valence-corrected chi connectivity index (χ0v) is 10.9. The molecule has 0 N–H and O–H groups in total. The van der Waals surface area contributed by atoms with Crippen LogP contribution < -0.4 is 9.47 Å². The van der Waals surface area contributed by atoms with E-state index in [2.05, 4.69) is 5.92 Å². The SMILES string of the molecule is C#CCOc1cc(C)c2c(c1)OC(C)(C)C(=O)C2. The Bertz CT molecular complexity index is 535. The van der Waals surface area contributed by atoms with Gasteiger partial charge in [-0.25, -0.2) is 0 Å². The molecular formula is C15H16O3. The van der Waals surface area contributed by atoms with Crippen LogP contribution >= 0.6 is 0 Å². The summed E-state index contributed by atoms with van der Waals surface area (Å²) in [4.78, 5) is 11.9. The van der Waals surface area contributed by atoms with Crippen LogP contribution in [0.3, 0.4) is 0 Å². The fourth-order valence-electron chi connectivity index (χ4n) is 1.98. The van der Waals surface area contributed by atoms with E-state index in [0.29, 0.717) is 17.9 Å². The van der Waals surface area contributed by atoms with Gasteiger partial charge in [0.15, 0.2) is 11.4 Å². The average molecular weight is 244 g/mol. The third-order valence-corrected chi connectivity index (χ3v) is 3.10. The van der Waals surface area contributed by atoms with Crippen LogP contribution in [0.4, 0.5) is 0 Å². The summed E-state index contributed by atoms with van der Waals surface area (Å²) in [6.07, 6.45) is 5.57. The second-order valence-corrected chi connectivity index (χ2v) is 4.92. The summed E-state index contributed by atoms with van der Waals surface area (Å²) < 4.78 is 11.1. The van der Waals surface area contributed by atoms with Gasteiger partial charge in [0.1, 0.15) is 18.1 Å². The van der Waals surface area contributed by atoms with Crippen LogP contribution in [0.5, 0.6) is 11.5 Å². The van der Waals surface area contributed by atoms with E-state index in [1.165, 1.54) is 0 Å². The normalized spacial score (nSPS) is 16.4. The minimum absolute atomic E-state index is 0.0930. The van der Waals surface area contributed by atoms with Gasteiger partial charge in [-0.3, -0.25) is 4.79 Å². The van der Waals surface area contributed by atoms with E-state index < -0.39 is 5.60 Å². The Morgan fingerprint density at radius 2 is 2.22 bits per heavy atom. The number of Topliss-reactive ketones (excluding diaryl/α,β-unsaturated/α-hetero) is 1. The van der Waals surface area contributed by atoms with Gasteiger partial charge in [0.25, 0.3) is 0 Å². The van der Waals surface area contributed by atoms with Gasteiger partial charge in [-0.1, -0.05) is 5.92 Å². The van der Waals surface area contributed by atoms with Crippen LogP contribution in [0.1, 0.15) is 25.0 Å². The molecule has 1 heterocycles. The molecule has 18 heavy (non-hydrogen) atoms. The lowest BCUT2D eigenvalue weighted by molar-refractivity contribution is -0.132. The Labute approximate surface area is 107 Å². The zero-order chi connectivity index (χ0) is 13.3. The Balaban J connectivity index is 2.39. The second kappa shape index (κ2) is 4.38. The lowest BCUT2D eigenvalue weighted by atomic mass is 9.90. The molecule has 1 aromatic carbocycles. The number of hydrogen-bond donors (Lipinski definition) is 0. The summed E-state index contributed by atoms with van der Waals surface area (Å²) in [6, 6.07) is 3.68. The van der Waals surface area contributed by atoms with Crippen molar-refractivity contribution in [3.05, 3.63) is 23.3 Å². The maximum absolute atomic E-state index is 11.9. The van der Waals surface area contributed by atoms with E-state index in [4.69, 9.17) is 15.9 Å². The van der Waals surface area contributed by atoms with E-state index in [0.717, 1.165) is 11.1 Å². The quantitative estimate of drug-likeness (QED) is 0.749. The lowest BCUT2D eigenvalue weighted by Crippen LogP contribution is -2.42. The van der Waals surface area contributed by atoms with E-state index in [1.807, 2.05) is 13.0 Å². The molecule has 0 aliphatic carbocycles. The molecule has 3 heteroatoms. The monoisotopic (exact) mass is 244 g/mol. The first-order valence-corrected chi connectivity index (χ1v) is 5.86. The van der Waals surface area contributed by atoms with Crippen molar-refractivity contribution in [3.8, 4) is 23.8 Å². The van der Waals surface area contributed by atoms with Crippen molar-refractivity contribution in [1.82, 2.24) is 0 Å². The summed E-state index contributed by atoms with van der Waals surface area (Å²) in [7, 11) is 0. The molecule has 0 spiro atoms. The number of ether oxygens (including phenoxy) is 2. The molecule has 0 aromatic heterocycles. The number of terminal acetylenes is 1. The molecule has 0 amide bonds. The lowest BCUT2D eigenvalue weighted by Gasteiger charge is -2.32. The van der Waals surface area contributed by atoms with Gasteiger partial charge in [0, 0.05) is 18.1 Å². The number of fused-ring (bicyclic) bond motifs is 1. The number of benzene rings is 1. The standard InChI is InChI=1S/C15H16O3/c1-5-6-17-11-7-10(2)12-9-14(16)15(3,4)18-13(12)8-11/h1,7-8H,6,9H2,2-4H3. The van der Waals surface area contributed by atoms with Crippen molar-refractivity contribution in [2.45, 2.75) is 32.8 Å². The highest BCUT2D eigenvalue weighted by Gasteiger charge is 2.36. The Kier molecular flexibility index (Phi) is 3.04. The van der Waals surface area contributed by atoms with Crippen molar-refractivity contribution in [1.29, 1.82) is 0 Å². The van der Waals surface area contributed by atoms with Crippen molar-refractivity contribution >= 4 is 5.78 Å². The molecule has 2 rings (SSSR count). The van der Waals surface area contributed by atoms with Crippen molar-refractivity contribution in [2.24, 2.45) is 0 Å². The van der Waals surface area contributed by atoms with E-state index in [-0.39, 0.29) is 12.4 Å². The van der Waals surface area contributed by atoms with Gasteiger partial charge in [-0.05, 0) is 32.4 Å². The molecule has 0 fully saturated rings. The molecule has 94 valence electrons. The number of hydrogen-bond acceptors (Lipinski definition) is 3. The summed E-state index contributed by atoms with van der Waals surface area (Å²) in [5, 5.41) is 0. The maximum Gasteiger partial charge on any atom is 0.180 e. The van der Waals surface area contributed by atoms with E-state index >= 15 is 0 Å². The van der Waals surface area contributed by atoms with Crippen molar-refractivity contribution < 1.29 is 14.3 Å². The average Bonchev–Trinajstić information content (AvgIpc) is 2.28. The molecular weight excluding hydrogens is 228 g/mol. The fraction of sp³-hybridized carbons (Fsp3) is 0.400. The third kappa shape index (κ3) is 2.19. The van der Waals surface area contributed by atoms with Crippen LogP contribution in [0.15, 0.2) is 12.1 Å². The minimum Gasteiger partial charge on any atom is -0.481 e. The molecule has 1 aliphatic heterocycles. The zero-order valence-electron chi connectivity index (χ0n) is 10.9. The Morgan fingerprint density at radius 1 is 1.50 bits per heavy atom. The Hall–Kier alpha value is -1.95. The molecule has 0 bridgehead atoms. The molecule has 0 radical (unpaired) electrons. The van der Waals surface area contributed by atoms with Crippen LogP contribution in [0.25, 0.3) is 0 Å². The van der Waals surface area contributed by atoms with E-state index in [9.17, 15) is 4.79 Å². The predicted octanol–water partition coefficient (Wildman–Crippen LogP) is 2.29. The summed E-state index contributed by atoms with van der Waals surface area (Å²) in [5.41, 5.74) is 1.15. The summed E-state index contributed by atoms with van der Waals surface area (Å²) in [5.74, 6) is 3.90. The largest absolute Gasteiger partial charge is 0.481 e. The number of carbonyl (C=O) groups excluding carboxylic acids is 1. The van der Waals surface area contributed by atoms with Crippen LogP contribution in [0, 0.1) is 19.3 Å². The molecule has 0 unspecified atom stereocenters. The van der Waals surface area contributed by atoms with Crippen molar-refractivity contribution in [2.75, 3.05) is 6.61 Å². The van der Waals surface area contributed by atoms with E-state index in [1.54, 1.807) is 19.9 Å². The van der Waals surface area contributed by atoms with Crippen LogP contribution in [-0.4, -0.2) is 18.0 Å². The van der Waals surface area contributed by atoms with Gasteiger partial charge < -0.3 is 9.47 Å². The first-order chi connectivity index (χ1) is 8.44. The topological polar surface area (TPSA) is 35.5 Å². The first kappa shape index (κ1) is 12.5. The number of rotatable bonds is 2. The maximum atomic E-state index is 11.9. The second-order valence-electron chi connectivity index (χ2n) is 4.92. The highest BCUT2D eigenvalue weighted by atomic mass is 16.5. The summed E-state index contributed by atoms with van der Waals surface area (Å²) >= 11 is 0. The van der Waals surface area contributed by atoms with Crippen LogP contribution in [0.2, 0.25) is 0 Å². The van der Waals surface area contributed by atoms with Gasteiger partial charge in [0.05, 0.1) is 0 Å². The fourth-order valence-corrected chi connectivity index (χ4v) is 1.98. The molecule has 1 aliphatic rings. The Morgan fingerprint density at radius 3 is 2.89 bits per heavy atom. The highest BCUT2D eigenvalue weighted by molar-refractivity contribution is 5.91. The highest BCUT2D eigenvalue weighted by Crippen LogP contribution is 2.36. The smallest absolute Gasteiger partial charge is 0.180 e. The number of ketones is 1. The minimum atomic E-state index is -0.774. The molecule has 0 saturated heterocycles. The van der Waals surface area contributed by atoms with Gasteiger partial charge in [0.2, 0.25) is 0 Å². The van der Waals surface area contributed by atoms with Gasteiger partial charge >= 0.3 is 0 Å². The number of aryl methyl sites for hydroxylation is 1. The van der Waals surface area contributed by atoms with Gasteiger partial charge in [-0.2, -0.15) is 0 Å². The third-order valence-electron chi connectivity index (χ3n) is 3.10. The van der Waals surface area contributed by atoms with Crippen LogP contribution in [-0.2, 0) is 11.2 Å². The predicted molar refractivity (Wildman–Crippen MR) is 68.9 cm³/mol. The first-order valence-electron chi connectivity index (χ1n) is 5.86.